The molecule has 1 N–H and O–H groups in total. The Hall–Kier alpha value is -4.81. The van der Waals surface area contributed by atoms with Gasteiger partial charge in [0.2, 0.25) is 0 Å². The minimum Gasteiger partial charge on any atom is -0.625 e. The van der Waals surface area contributed by atoms with Gasteiger partial charge in [0.15, 0.2) is 0 Å². The second-order valence-corrected chi connectivity index (χ2v) is 13.7. The van der Waals surface area contributed by atoms with E-state index in [1.165, 1.54) is 32.7 Å². The first kappa shape index (κ1) is 36.0. The Morgan fingerprint density at radius 3 is 1.92 bits per heavy atom. The predicted octanol–water partition coefficient (Wildman–Crippen LogP) is 10.2. The summed E-state index contributed by atoms with van der Waals surface area (Å²) in [5.41, 5.74) is 6.78. The molecule has 0 aromatic heterocycles. The van der Waals surface area contributed by atoms with Crippen LogP contribution >= 0.6 is 11.6 Å². The minimum absolute atomic E-state index is 0. The van der Waals surface area contributed by atoms with Gasteiger partial charge in [-0.2, -0.15) is 0 Å². The van der Waals surface area contributed by atoms with Gasteiger partial charge in [0.1, 0.15) is 6.04 Å². The summed E-state index contributed by atoms with van der Waals surface area (Å²) in [7, 11) is 0. The number of carboxylic acid groups (broad SMARTS) is 1. The van der Waals surface area contributed by atoms with Gasteiger partial charge in [0, 0.05) is 30.2 Å². The fourth-order valence-electron chi connectivity index (χ4n) is 7.00. The molecular formula is C43H37ClN3NiO3+. The van der Waals surface area contributed by atoms with Crippen LogP contribution in [0.3, 0.4) is 0 Å². The van der Waals surface area contributed by atoms with Gasteiger partial charge in [-0.3, -0.25) is 9.89 Å². The molecule has 1 heterocycles. The van der Waals surface area contributed by atoms with Crippen LogP contribution < -0.4 is 0 Å². The van der Waals surface area contributed by atoms with Crippen LogP contribution in [0.1, 0.15) is 42.5 Å². The van der Waals surface area contributed by atoms with E-state index in [0.29, 0.717) is 47.1 Å². The van der Waals surface area contributed by atoms with Crippen molar-refractivity contribution in [2.75, 3.05) is 6.54 Å². The number of carbonyl (C=O) groups excluding carboxylic acids is 1. The SMILES string of the molecule is CC(C)C[C@@H](N=C(c1ccccc1)c1cc(Cl)ccc1[N-]C(=O)CN1Cc2ccc3ccccc3c2-c2c(ccc3ccccc23)C1)C(=O)O.[Ni+2]. The van der Waals surface area contributed by atoms with Crippen LogP contribution in [0.5, 0.6) is 0 Å². The van der Waals surface area contributed by atoms with Crippen molar-refractivity contribution in [2.24, 2.45) is 10.9 Å². The largest absolute Gasteiger partial charge is 2.00 e. The van der Waals surface area contributed by atoms with E-state index in [0.717, 1.165) is 11.1 Å². The number of carboxylic acids is 1. The van der Waals surface area contributed by atoms with Gasteiger partial charge >= 0.3 is 22.5 Å². The first-order valence-corrected chi connectivity index (χ1v) is 17.3. The summed E-state index contributed by atoms with van der Waals surface area (Å²) in [6.07, 6.45) is 0.361. The van der Waals surface area contributed by atoms with Crippen molar-refractivity contribution in [3.8, 4) is 11.1 Å². The maximum atomic E-state index is 13.9. The maximum Gasteiger partial charge on any atom is 2.00 e. The molecule has 1 aliphatic heterocycles. The summed E-state index contributed by atoms with van der Waals surface area (Å²) in [6.45, 7) is 5.17. The molecule has 258 valence electrons. The number of nitrogens with zero attached hydrogens (tertiary/aromatic N) is 3. The van der Waals surface area contributed by atoms with Crippen LogP contribution in [0.2, 0.25) is 5.02 Å². The summed E-state index contributed by atoms with van der Waals surface area (Å²) in [4.78, 5) is 33.2. The molecule has 0 saturated carbocycles. The number of amides is 1. The number of hydrogen-bond donors (Lipinski definition) is 1. The van der Waals surface area contributed by atoms with Crippen LogP contribution in [-0.4, -0.2) is 40.2 Å². The van der Waals surface area contributed by atoms with Gasteiger partial charge in [-0.05, 0) is 73.8 Å². The zero-order chi connectivity index (χ0) is 34.8. The maximum absolute atomic E-state index is 13.9. The fraction of sp³-hybridized carbons (Fsp3) is 0.186. The van der Waals surface area contributed by atoms with E-state index < -0.39 is 12.0 Å². The third kappa shape index (κ3) is 7.77. The molecule has 7 rings (SSSR count). The predicted molar refractivity (Wildman–Crippen MR) is 203 cm³/mol. The Kier molecular flexibility index (Phi) is 11.0. The van der Waals surface area contributed by atoms with Crippen LogP contribution in [0.25, 0.3) is 38.0 Å². The number of fused-ring (bicyclic) bond motifs is 7. The number of rotatable bonds is 9. The van der Waals surface area contributed by atoms with Crippen molar-refractivity contribution >= 4 is 56.4 Å². The Bertz CT molecular complexity index is 2180. The number of halogens is 1. The van der Waals surface area contributed by atoms with Gasteiger partial charge in [-0.25, -0.2) is 4.79 Å². The van der Waals surface area contributed by atoms with Crippen LogP contribution in [0, 0.1) is 5.92 Å². The molecule has 0 aliphatic carbocycles. The van der Waals surface area contributed by atoms with E-state index in [2.05, 4.69) is 83.0 Å². The number of aliphatic carboxylic acids is 1. The van der Waals surface area contributed by atoms with E-state index >= 15 is 0 Å². The van der Waals surface area contributed by atoms with Crippen LogP contribution in [-0.2, 0) is 39.2 Å². The Labute approximate surface area is 313 Å². The molecule has 6 aromatic carbocycles. The summed E-state index contributed by atoms with van der Waals surface area (Å²) in [5, 5.41) is 19.9. The van der Waals surface area contributed by atoms with Gasteiger partial charge in [0.25, 0.3) is 0 Å². The molecule has 1 aliphatic rings. The molecule has 1 atom stereocenters. The minimum atomic E-state index is -1.01. The van der Waals surface area contributed by atoms with E-state index in [9.17, 15) is 14.7 Å². The topological polar surface area (TPSA) is 84.1 Å². The average Bonchev–Trinajstić information content (AvgIpc) is 3.27. The molecule has 6 aromatic rings. The zero-order valence-electron chi connectivity index (χ0n) is 28.3. The third-order valence-electron chi connectivity index (χ3n) is 9.20. The van der Waals surface area contributed by atoms with Gasteiger partial charge in [-0.15, -0.1) is 5.69 Å². The van der Waals surface area contributed by atoms with Crippen LogP contribution in [0.15, 0.2) is 126 Å². The van der Waals surface area contributed by atoms with Crippen LogP contribution in [0.4, 0.5) is 5.69 Å². The second-order valence-electron chi connectivity index (χ2n) is 13.3. The van der Waals surface area contributed by atoms with Gasteiger partial charge in [0.05, 0.1) is 11.6 Å². The summed E-state index contributed by atoms with van der Waals surface area (Å²) < 4.78 is 0. The smallest absolute Gasteiger partial charge is 0.625 e. The molecule has 1 amide bonds. The number of hydrogen-bond acceptors (Lipinski definition) is 4. The quantitative estimate of drug-likeness (QED) is 0.118. The van der Waals surface area contributed by atoms with E-state index in [1.54, 1.807) is 18.2 Å². The molecule has 6 nitrogen and oxygen atoms in total. The van der Waals surface area contributed by atoms with E-state index in [1.807, 2.05) is 44.2 Å². The molecule has 0 saturated heterocycles. The van der Waals surface area contributed by atoms with Crippen molar-refractivity contribution in [2.45, 2.75) is 39.4 Å². The molecule has 0 unspecified atom stereocenters. The van der Waals surface area contributed by atoms with Gasteiger partial charge in [-0.1, -0.05) is 135 Å². The second kappa shape index (κ2) is 15.6. The fourth-order valence-corrected chi connectivity index (χ4v) is 7.17. The summed E-state index contributed by atoms with van der Waals surface area (Å²) >= 11 is 6.51. The van der Waals surface area contributed by atoms with Crippen molar-refractivity contribution in [3.05, 3.63) is 154 Å². The van der Waals surface area contributed by atoms with E-state index in [4.69, 9.17) is 16.6 Å². The van der Waals surface area contributed by atoms with Crippen molar-refractivity contribution < 1.29 is 31.2 Å². The standard InChI is InChI=1S/C43H38ClN3O3.Ni/c1-27(2)22-38(43(49)50)46-42(30-12-4-3-5-13-30)36-23-33(44)20-21-37(36)45-39(48)26-47-24-31-18-16-28-10-6-8-14-34(28)40(31)41-32(25-47)19-17-29-11-7-9-15-35(29)41;/h3-21,23,27,38H,22,24-26H2,1-2H3,(H2,45,46,48,49,50);/q;+2/p-1/t38-;/m1./s1. The van der Waals surface area contributed by atoms with Crippen molar-refractivity contribution in [3.63, 3.8) is 0 Å². The molecular weight excluding hydrogens is 701 g/mol. The monoisotopic (exact) mass is 736 g/mol. The van der Waals surface area contributed by atoms with Crippen molar-refractivity contribution in [1.29, 1.82) is 0 Å². The number of aliphatic imine (C=N–C) groups is 1. The molecule has 51 heavy (non-hydrogen) atoms. The molecule has 8 heteroatoms. The van der Waals surface area contributed by atoms with Gasteiger partial charge < -0.3 is 15.2 Å². The Morgan fingerprint density at radius 1 is 0.784 bits per heavy atom. The molecule has 0 bridgehead atoms. The first-order valence-electron chi connectivity index (χ1n) is 16.9. The van der Waals surface area contributed by atoms with Crippen molar-refractivity contribution in [1.82, 2.24) is 4.90 Å². The normalized spacial score (nSPS) is 13.6. The Balaban J connectivity index is 0.00000448. The molecule has 0 fully saturated rings. The Morgan fingerprint density at radius 2 is 1.35 bits per heavy atom. The third-order valence-corrected chi connectivity index (χ3v) is 9.43. The zero-order valence-corrected chi connectivity index (χ0v) is 30.1. The molecule has 0 spiro atoms. The molecule has 0 radical (unpaired) electrons. The average molecular weight is 738 g/mol. The first-order chi connectivity index (χ1) is 24.2. The number of carbonyl (C=O) groups is 2. The number of benzene rings is 6. The summed E-state index contributed by atoms with van der Waals surface area (Å²) in [5.74, 6) is -1.21. The van der Waals surface area contributed by atoms with E-state index in [-0.39, 0.29) is 34.9 Å². The summed E-state index contributed by atoms with van der Waals surface area (Å²) in [6, 6.07) is 39.1.